The number of hydrogen-bond acceptors (Lipinski definition) is 5. The number of para-hydroxylation sites is 3. The third kappa shape index (κ3) is 6.95. The van der Waals surface area contributed by atoms with Crippen LogP contribution in [-0.4, -0.2) is 30.4 Å². The molecule has 1 unspecified atom stereocenters. The van der Waals surface area contributed by atoms with Gasteiger partial charge in [0.05, 0.1) is 5.69 Å². The van der Waals surface area contributed by atoms with Crippen molar-refractivity contribution in [3.8, 4) is 11.5 Å². The lowest BCUT2D eigenvalue weighted by molar-refractivity contribution is -0.150. The summed E-state index contributed by atoms with van der Waals surface area (Å²) in [6, 6.07) is 15.2. The van der Waals surface area contributed by atoms with Gasteiger partial charge in [-0.05, 0) is 31.2 Å². The molecule has 2 aromatic rings. The molecule has 0 fully saturated rings. The molecule has 7 heteroatoms. The third-order valence-corrected chi connectivity index (χ3v) is 3.86. The highest BCUT2D eigenvalue weighted by molar-refractivity contribution is 5.95. The van der Waals surface area contributed by atoms with Gasteiger partial charge in [-0.15, -0.1) is 0 Å². The van der Waals surface area contributed by atoms with Gasteiger partial charge >= 0.3 is 5.97 Å². The Kier molecular flexibility index (Phi) is 7.36. The van der Waals surface area contributed by atoms with Crippen molar-refractivity contribution < 1.29 is 23.9 Å². The standard InChI is InChI=1S/C22H26N2O5/c1-15(23-21(27)22(2,3)4)20(26)28-14-19(25)24-17-12-8-9-13-18(17)29-16-10-6-5-7-11-16/h5-13,15H,14H2,1-4H3,(H,23,27)(H,24,25). The lowest BCUT2D eigenvalue weighted by Crippen LogP contribution is -2.45. The predicted molar refractivity (Wildman–Crippen MR) is 110 cm³/mol. The lowest BCUT2D eigenvalue weighted by Gasteiger charge is -2.21. The van der Waals surface area contributed by atoms with Gasteiger partial charge in [-0.1, -0.05) is 51.1 Å². The zero-order valence-corrected chi connectivity index (χ0v) is 17.0. The van der Waals surface area contributed by atoms with Gasteiger partial charge in [-0.3, -0.25) is 9.59 Å². The first kappa shape index (κ1) is 21.9. The maximum atomic E-state index is 12.2. The number of ether oxygens (including phenoxy) is 2. The summed E-state index contributed by atoms with van der Waals surface area (Å²) in [7, 11) is 0. The van der Waals surface area contributed by atoms with Crippen LogP contribution in [0.15, 0.2) is 54.6 Å². The average molecular weight is 398 g/mol. The van der Waals surface area contributed by atoms with Crippen LogP contribution in [0.4, 0.5) is 5.69 Å². The molecule has 2 aromatic carbocycles. The minimum Gasteiger partial charge on any atom is -0.455 e. The first-order chi connectivity index (χ1) is 13.7. The second kappa shape index (κ2) is 9.73. The second-order valence-corrected chi connectivity index (χ2v) is 7.51. The number of hydrogen-bond donors (Lipinski definition) is 2. The molecule has 0 aliphatic carbocycles. The highest BCUT2D eigenvalue weighted by atomic mass is 16.5. The molecule has 2 rings (SSSR count). The third-order valence-electron chi connectivity index (χ3n) is 3.86. The van der Waals surface area contributed by atoms with Gasteiger partial charge < -0.3 is 20.1 Å². The molecule has 1 atom stereocenters. The predicted octanol–water partition coefficient (Wildman–Crippen LogP) is 3.51. The van der Waals surface area contributed by atoms with E-state index in [1.54, 1.807) is 57.2 Å². The van der Waals surface area contributed by atoms with E-state index in [9.17, 15) is 14.4 Å². The van der Waals surface area contributed by atoms with Crippen LogP contribution < -0.4 is 15.4 Å². The Morgan fingerprint density at radius 1 is 0.966 bits per heavy atom. The summed E-state index contributed by atoms with van der Waals surface area (Å²) in [6.07, 6.45) is 0. The number of esters is 1. The summed E-state index contributed by atoms with van der Waals surface area (Å²) < 4.78 is 10.8. The van der Waals surface area contributed by atoms with E-state index in [1.807, 2.05) is 18.2 Å². The summed E-state index contributed by atoms with van der Waals surface area (Å²) in [5.41, 5.74) is -0.180. The number of rotatable bonds is 7. The number of carbonyl (C=O) groups is 3. The molecule has 0 aliphatic heterocycles. The summed E-state index contributed by atoms with van der Waals surface area (Å²) >= 11 is 0. The summed E-state index contributed by atoms with van der Waals surface area (Å²) in [5, 5.41) is 5.23. The van der Waals surface area contributed by atoms with E-state index in [0.29, 0.717) is 17.2 Å². The molecular weight excluding hydrogens is 372 g/mol. The highest BCUT2D eigenvalue weighted by Gasteiger charge is 2.26. The largest absolute Gasteiger partial charge is 0.455 e. The first-order valence-electron chi connectivity index (χ1n) is 9.26. The van der Waals surface area contributed by atoms with E-state index in [1.165, 1.54) is 6.92 Å². The molecule has 0 aliphatic rings. The van der Waals surface area contributed by atoms with Gasteiger partial charge in [0.2, 0.25) is 5.91 Å². The van der Waals surface area contributed by atoms with Gasteiger partial charge in [0.25, 0.3) is 5.91 Å². The molecule has 2 N–H and O–H groups in total. The molecule has 0 aromatic heterocycles. The van der Waals surface area contributed by atoms with Crippen molar-refractivity contribution in [2.75, 3.05) is 11.9 Å². The second-order valence-electron chi connectivity index (χ2n) is 7.51. The van der Waals surface area contributed by atoms with Crippen molar-refractivity contribution in [3.05, 3.63) is 54.6 Å². The van der Waals surface area contributed by atoms with E-state index in [0.717, 1.165) is 0 Å². The van der Waals surface area contributed by atoms with E-state index >= 15 is 0 Å². The fourth-order valence-corrected chi connectivity index (χ4v) is 2.19. The minimum atomic E-state index is -0.858. The topological polar surface area (TPSA) is 93.7 Å². The van der Waals surface area contributed by atoms with Gasteiger partial charge in [-0.2, -0.15) is 0 Å². The number of nitrogens with one attached hydrogen (secondary N) is 2. The average Bonchev–Trinajstić information content (AvgIpc) is 2.67. The van der Waals surface area contributed by atoms with Crippen molar-refractivity contribution in [1.82, 2.24) is 5.32 Å². The Morgan fingerprint density at radius 2 is 1.59 bits per heavy atom. The molecule has 7 nitrogen and oxygen atoms in total. The van der Waals surface area contributed by atoms with E-state index in [-0.39, 0.29) is 5.91 Å². The van der Waals surface area contributed by atoms with Gasteiger partial charge in [0.15, 0.2) is 12.4 Å². The minimum absolute atomic E-state index is 0.279. The van der Waals surface area contributed by atoms with Crippen LogP contribution >= 0.6 is 0 Å². The molecule has 2 amide bonds. The van der Waals surface area contributed by atoms with Gasteiger partial charge in [0, 0.05) is 5.41 Å². The smallest absolute Gasteiger partial charge is 0.328 e. The first-order valence-corrected chi connectivity index (χ1v) is 9.26. The van der Waals surface area contributed by atoms with E-state index in [2.05, 4.69) is 10.6 Å². The van der Waals surface area contributed by atoms with E-state index in [4.69, 9.17) is 9.47 Å². The van der Waals surface area contributed by atoms with Crippen molar-refractivity contribution in [3.63, 3.8) is 0 Å². The number of anilines is 1. The van der Waals surface area contributed by atoms with Crippen LogP contribution in [-0.2, 0) is 19.1 Å². The normalized spacial score (nSPS) is 11.9. The number of benzene rings is 2. The van der Waals surface area contributed by atoms with Gasteiger partial charge in [-0.25, -0.2) is 4.79 Å². The Hall–Kier alpha value is -3.35. The Balaban J connectivity index is 1.90. The van der Waals surface area contributed by atoms with Crippen LogP contribution in [0.5, 0.6) is 11.5 Å². The fourth-order valence-electron chi connectivity index (χ4n) is 2.19. The molecule has 29 heavy (non-hydrogen) atoms. The maximum absolute atomic E-state index is 12.2. The van der Waals surface area contributed by atoms with Crippen LogP contribution in [0.2, 0.25) is 0 Å². The maximum Gasteiger partial charge on any atom is 0.328 e. The van der Waals surface area contributed by atoms with Crippen LogP contribution in [0, 0.1) is 5.41 Å². The molecule has 0 saturated heterocycles. The van der Waals surface area contributed by atoms with Crippen molar-refractivity contribution in [2.45, 2.75) is 33.7 Å². The Labute approximate surface area is 170 Å². The van der Waals surface area contributed by atoms with E-state index < -0.39 is 29.9 Å². The summed E-state index contributed by atoms with van der Waals surface area (Å²) in [4.78, 5) is 36.2. The molecule has 154 valence electrons. The number of amides is 2. The Morgan fingerprint density at radius 3 is 2.24 bits per heavy atom. The molecule has 0 saturated carbocycles. The molecule has 0 heterocycles. The lowest BCUT2D eigenvalue weighted by atomic mass is 9.95. The molecule has 0 bridgehead atoms. The van der Waals surface area contributed by atoms with Crippen LogP contribution in [0.3, 0.4) is 0 Å². The number of carbonyl (C=O) groups excluding carboxylic acids is 3. The fraction of sp³-hybridized carbons (Fsp3) is 0.318. The molecule has 0 radical (unpaired) electrons. The Bertz CT molecular complexity index is 859. The van der Waals surface area contributed by atoms with Crippen LogP contribution in [0.25, 0.3) is 0 Å². The van der Waals surface area contributed by atoms with Crippen molar-refractivity contribution in [2.24, 2.45) is 5.41 Å². The monoisotopic (exact) mass is 398 g/mol. The van der Waals surface area contributed by atoms with Gasteiger partial charge in [0.1, 0.15) is 11.8 Å². The zero-order valence-electron chi connectivity index (χ0n) is 17.0. The van der Waals surface area contributed by atoms with Crippen molar-refractivity contribution in [1.29, 1.82) is 0 Å². The summed E-state index contributed by atoms with van der Waals surface area (Å²) in [5.74, 6) is -0.394. The van der Waals surface area contributed by atoms with Crippen LogP contribution in [0.1, 0.15) is 27.7 Å². The molecular formula is C22H26N2O5. The quantitative estimate of drug-likeness (QED) is 0.696. The highest BCUT2D eigenvalue weighted by Crippen LogP contribution is 2.29. The molecule has 0 spiro atoms. The van der Waals surface area contributed by atoms with Crippen molar-refractivity contribution >= 4 is 23.5 Å². The summed E-state index contributed by atoms with van der Waals surface area (Å²) in [6.45, 7) is 6.25. The zero-order chi connectivity index (χ0) is 21.4. The SMILES string of the molecule is CC(NC(=O)C(C)(C)C)C(=O)OCC(=O)Nc1ccccc1Oc1ccccc1.